The van der Waals surface area contributed by atoms with E-state index in [-0.39, 0.29) is 16.9 Å². The van der Waals surface area contributed by atoms with E-state index in [2.05, 4.69) is 44.5 Å². The highest BCUT2D eigenvalue weighted by molar-refractivity contribution is 6.74. The van der Waals surface area contributed by atoms with Gasteiger partial charge in [-0.15, -0.1) is 0 Å². The summed E-state index contributed by atoms with van der Waals surface area (Å²) >= 11 is 0. The first kappa shape index (κ1) is 36.0. The molecule has 0 saturated carbocycles. The molecule has 11 nitrogen and oxygen atoms in total. The van der Waals surface area contributed by atoms with Gasteiger partial charge in [-0.1, -0.05) is 48.5 Å². The van der Waals surface area contributed by atoms with Gasteiger partial charge in [0.2, 0.25) is 17.7 Å². The Bertz CT molecular complexity index is 932. The molecule has 40 heavy (non-hydrogen) atoms. The molecule has 1 rings (SSSR count). The van der Waals surface area contributed by atoms with E-state index in [1.54, 1.807) is 41.5 Å². The molecule has 12 heteroatoms. The zero-order chi connectivity index (χ0) is 31.5. The molecule has 0 spiro atoms. The van der Waals surface area contributed by atoms with Gasteiger partial charge in [-0.25, -0.2) is 4.79 Å². The van der Waals surface area contributed by atoms with Crippen molar-refractivity contribution in [3.63, 3.8) is 0 Å². The van der Waals surface area contributed by atoms with Gasteiger partial charge in [0.15, 0.2) is 14.4 Å². The van der Waals surface area contributed by atoms with Crippen LogP contribution in [0.3, 0.4) is 0 Å². The van der Waals surface area contributed by atoms with Gasteiger partial charge in [-0.05, 0) is 57.7 Å². The molecule has 0 unspecified atom stereocenters. The smallest absolute Gasteiger partial charge is 0.331 e. The average Bonchev–Trinajstić information content (AvgIpc) is 3.05. The van der Waals surface area contributed by atoms with Crippen LogP contribution in [0.2, 0.25) is 18.1 Å². The van der Waals surface area contributed by atoms with Crippen molar-refractivity contribution in [3.8, 4) is 0 Å². The lowest BCUT2D eigenvalue weighted by Gasteiger charge is -2.40. The van der Waals surface area contributed by atoms with Gasteiger partial charge >= 0.3 is 5.97 Å². The maximum atomic E-state index is 13.7. The van der Waals surface area contributed by atoms with Crippen molar-refractivity contribution in [3.05, 3.63) is 0 Å². The summed E-state index contributed by atoms with van der Waals surface area (Å²) in [5.74, 6) is -2.65. The molecule has 1 saturated heterocycles. The topological polar surface area (TPSA) is 149 Å². The molecule has 232 valence electrons. The van der Waals surface area contributed by atoms with Crippen LogP contribution >= 0.6 is 0 Å². The molecule has 6 atom stereocenters. The van der Waals surface area contributed by atoms with Gasteiger partial charge in [0.05, 0.1) is 25.4 Å². The molecule has 0 aromatic heterocycles. The Kier molecular flexibility index (Phi) is 12.0. The second-order valence-electron chi connectivity index (χ2n) is 13.5. The summed E-state index contributed by atoms with van der Waals surface area (Å²) in [6.07, 6.45) is -1.31. The summed E-state index contributed by atoms with van der Waals surface area (Å²) < 4.78 is 17.3. The molecule has 0 aromatic rings. The SMILES string of the molecule is COC(=O)[C@@H](NC(=O)[C@@H](NC(=O)[C@@H]1[C@@H](C)OC(C)(C)N1C(=O)[C@@H](N)C(C)C)C(C)C)[C@@H](C)O[Si](C)(C)C(C)(C)C. The lowest BCUT2D eigenvalue weighted by Crippen LogP contribution is -2.63. The van der Waals surface area contributed by atoms with E-state index in [9.17, 15) is 19.2 Å². The average molecular weight is 587 g/mol. The maximum absolute atomic E-state index is 13.7. The molecule has 0 bridgehead atoms. The molecular weight excluding hydrogens is 532 g/mol. The fraction of sp³-hybridized carbons (Fsp3) is 0.857. The van der Waals surface area contributed by atoms with E-state index in [1.807, 2.05) is 13.8 Å². The quantitative estimate of drug-likeness (QED) is 0.247. The number of carbonyl (C=O) groups excluding carboxylic acids is 4. The monoisotopic (exact) mass is 586 g/mol. The summed E-state index contributed by atoms with van der Waals surface area (Å²) in [5.41, 5.74) is 5.09. The molecular formula is C28H54N4O7Si. The van der Waals surface area contributed by atoms with Gasteiger partial charge in [0.1, 0.15) is 17.8 Å². The number of rotatable bonds is 11. The van der Waals surface area contributed by atoms with Crippen LogP contribution in [0.15, 0.2) is 0 Å². The van der Waals surface area contributed by atoms with Crippen molar-refractivity contribution in [2.75, 3.05) is 7.11 Å². The molecule has 1 heterocycles. The van der Waals surface area contributed by atoms with E-state index in [0.717, 1.165) is 0 Å². The van der Waals surface area contributed by atoms with Crippen LogP contribution in [-0.2, 0) is 33.1 Å². The van der Waals surface area contributed by atoms with Gasteiger partial charge < -0.3 is 30.3 Å². The molecule has 0 aromatic carbocycles. The standard InChI is InChI=1S/C28H54N4O7Si/c1-15(2)19(29)25(35)32-22(18(6)38-28(32,10)11)24(34)30-20(16(3)4)23(33)31-21(26(36)37-12)17(5)39-40(13,14)27(7,8)9/h15-22H,29H2,1-14H3,(H,30,34)(H,31,33)/t17-,18-,19+,20+,21+,22+/m1/s1. The van der Waals surface area contributed by atoms with E-state index in [1.165, 1.54) is 12.0 Å². The van der Waals surface area contributed by atoms with E-state index in [0.29, 0.717) is 0 Å². The number of esters is 1. The maximum Gasteiger partial charge on any atom is 0.331 e. The van der Waals surface area contributed by atoms with E-state index >= 15 is 0 Å². The Hall–Kier alpha value is -2.02. The molecule has 0 aliphatic carbocycles. The van der Waals surface area contributed by atoms with Crippen LogP contribution in [-0.4, -0.2) is 86.1 Å². The number of methoxy groups -OCH3 is 1. The predicted molar refractivity (Wildman–Crippen MR) is 157 cm³/mol. The Morgan fingerprint density at radius 2 is 1.50 bits per heavy atom. The Labute approximate surface area is 241 Å². The van der Waals surface area contributed by atoms with Crippen molar-refractivity contribution in [1.29, 1.82) is 0 Å². The molecule has 1 aliphatic heterocycles. The predicted octanol–water partition coefficient (Wildman–Crippen LogP) is 2.53. The minimum atomic E-state index is -2.28. The summed E-state index contributed by atoms with van der Waals surface area (Å²) in [4.78, 5) is 54.6. The number of hydrogen-bond donors (Lipinski definition) is 3. The summed E-state index contributed by atoms with van der Waals surface area (Å²) in [5, 5.41) is 5.44. The minimum Gasteiger partial charge on any atom is -0.467 e. The lowest BCUT2D eigenvalue weighted by molar-refractivity contribution is -0.153. The second kappa shape index (κ2) is 13.3. The highest BCUT2D eigenvalue weighted by atomic mass is 28.4. The van der Waals surface area contributed by atoms with Crippen molar-refractivity contribution in [2.24, 2.45) is 17.6 Å². The van der Waals surface area contributed by atoms with Gasteiger partial charge in [-0.3, -0.25) is 19.3 Å². The van der Waals surface area contributed by atoms with Crippen LogP contribution in [0.25, 0.3) is 0 Å². The van der Waals surface area contributed by atoms with Crippen molar-refractivity contribution in [1.82, 2.24) is 15.5 Å². The third-order valence-electron chi connectivity index (χ3n) is 8.04. The zero-order valence-electron chi connectivity index (χ0n) is 27.0. The number of amides is 3. The molecule has 4 N–H and O–H groups in total. The van der Waals surface area contributed by atoms with Crippen molar-refractivity contribution in [2.45, 2.75) is 136 Å². The molecule has 3 amide bonds. The van der Waals surface area contributed by atoms with Gasteiger partial charge in [0.25, 0.3) is 0 Å². The van der Waals surface area contributed by atoms with Crippen LogP contribution in [0.5, 0.6) is 0 Å². The number of carbonyl (C=O) groups is 4. The molecule has 0 radical (unpaired) electrons. The first-order valence-electron chi connectivity index (χ1n) is 14.1. The van der Waals surface area contributed by atoms with E-state index < -0.39 is 74.1 Å². The first-order valence-corrected chi connectivity index (χ1v) is 17.0. The minimum absolute atomic E-state index is 0.115. The number of hydrogen-bond acceptors (Lipinski definition) is 8. The Morgan fingerprint density at radius 3 is 1.93 bits per heavy atom. The van der Waals surface area contributed by atoms with Crippen LogP contribution in [0.1, 0.15) is 76.2 Å². The third-order valence-corrected chi connectivity index (χ3v) is 12.6. The fourth-order valence-electron chi connectivity index (χ4n) is 4.52. The Balaban J connectivity index is 3.25. The number of nitrogens with zero attached hydrogens (tertiary/aromatic N) is 1. The van der Waals surface area contributed by atoms with Crippen molar-refractivity contribution < 1.29 is 33.1 Å². The highest BCUT2D eigenvalue weighted by Crippen LogP contribution is 2.38. The number of ether oxygens (including phenoxy) is 2. The number of nitrogens with two attached hydrogens (primary N) is 1. The third kappa shape index (κ3) is 8.26. The first-order chi connectivity index (χ1) is 18.0. The zero-order valence-corrected chi connectivity index (χ0v) is 28.0. The fourth-order valence-corrected chi connectivity index (χ4v) is 5.94. The summed E-state index contributed by atoms with van der Waals surface area (Å²) in [6, 6.07) is -3.92. The highest BCUT2D eigenvalue weighted by Gasteiger charge is 2.53. The van der Waals surface area contributed by atoms with Gasteiger partial charge in [0, 0.05) is 0 Å². The van der Waals surface area contributed by atoms with Crippen LogP contribution in [0.4, 0.5) is 0 Å². The molecule has 1 aliphatic rings. The Morgan fingerprint density at radius 1 is 0.975 bits per heavy atom. The molecule has 1 fully saturated rings. The largest absolute Gasteiger partial charge is 0.467 e. The lowest BCUT2D eigenvalue weighted by atomic mass is 9.99. The normalized spacial score (nSPS) is 22.5. The van der Waals surface area contributed by atoms with E-state index in [4.69, 9.17) is 19.6 Å². The van der Waals surface area contributed by atoms with Crippen LogP contribution in [0, 0.1) is 11.8 Å². The van der Waals surface area contributed by atoms with Crippen molar-refractivity contribution >= 4 is 32.0 Å². The summed E-state index contributed by atoms with van der Waals surface area (Å²) in [7, 11) is -1.03. The second-order valence-corrected chi connectivity index (χ2v) is 18.3. The summed E-state index contributed by atoms with van der Waals surface area (Å²) in [6.45, 7) is 24.4. The number of nitrogens with one attached hydrogen (secondary N) is 2. The van der Waals surface area contributed by atoms with Gasteiger partial charge in [-0.2, -0.15) is 0 Å². The van der Waals surface area contributed by atoms with Crippen LogP contribution < -0.4 is 16.4 Å².